The van der Waals surface area contributed by atoms with Crippen molar-refractivity contribution in [3.63, 3.8) is 0 Å². The van der Waals surface area contributed by atoms with Gasteiger partial charge in [0, 0.05) is 57.3 Å². The number of alkyl halides is 6. The molecule has 3 heterocycles. The molecule has 5 rings (SSSR count). The van der Waals surface area contributed by atoms with Crippen LogP contribution in [0.2, 0.25) is 0 Å². The maximum absolute atomic E-state index is 13.9. The summed E-state index contributed by atoms with van der Waals surface area (Å²) in [6.45, 7) is 4.70. The second-order valence-electron chi connectivity index (χ2n) is 10.9. The van der Waals surface area contributed by atoms with Gasteiger partial charge in [-0.1, -0.05) is 30.3 Å². The zero-order chi connectivity index (χ0) is 29.4. The molecule has 0 bridgehead atoms. The van der Waals surface area contributed by atoms with Crippen LogP contribution in [0.3, 0.4) is 0 Å². The van der Waals surface area contributed by atoms with Crippen LogP contribution in [0.15, 0.2) is 48.5 Å². The Morgan fingerprint density at radius 3 is 2.00 bits per heavy atom. The van der Waals surface area contributed by atoms with Crippen LogP contribution in [0.1, 0.15) is 45.8 Å². The van der Waals surface area contributed by atoms with Gasteiger partial charge in [-0.05, 0) is 36.6 Å². The molecule has 1 atom stereocenters. The molecule has 3 aliphatic heterocycles. The van der Waals surface area contributed by atoms with Gasteiger partial charge in [-0.3, -0.25) is 14.5 Å². The first-order valence-electron chi connectivity index (χ1n) is 13.6. The van der Waals surface area contributed by atoms with Crippen LogP contribution >= 0.6 is 0 Å². The molecule has 2 aromatic rings. The van der Waals surface area contributed by atoms with Crippen molar-refractivity contribution in [1.82, 2.24) is 14.7 Å². The first-order chi connectivity index (χ1) is 19.4. The number of carbonyl (C=O) groups is 2. The summed E-state index contributed by atoms with van der Waals surface area (Å²) in [6, 6.07) is 10.5. The number of likely N-dealkylation sites (tertiary alicyclic amines) is 2. The number of nitrogens with zero attached hydrogens (tertiary/aromatic N) is 3. The molecule has 6 nitrogen and oxygen atoms in total. The largest absolute Gasteiger partial charge is 0.416 e. The fraction of sp³-hybridized carbons (Fsp3) is 0.517. The number of piperidine rings is 1. The lowest BCUT2D eigenvalue weighted by Crippen LogP contribution is -2.49. The molecule has 0 N–H and O–H groups in total. The van der Waals surface area contributed by atoms with Crippen LogP contribution in [0.25, 0.3) is 0 Å². The third kappa shape index (κ3) is 6.08. The first-order valence-corrected chi connectivity index (χ1v) is 13.6. The minimum Gasteiger partial charge on any atom is -0.379 e. The van der Waals surface area contributed by atoms with Crippen LogP contribution in [-0.4, -0.2) is 85.5 Å². The lowest BCUT2D eigenvalue weighted by Gasteiger charge is -2.41. The number of hydrogen-bond donors (Lipinski definition) is 0. The van der Waals surface area contributed by atoms with E-state index in [9.17, 15) is 35.9 Å². The monoisotopic (exact) mass is 583 g/mol. The predicted molar refractivity (Wildman–Crippen MR) is 137 cm³/mol. The Balaban J connectivity index is 1.36. The molecular weight excluding hydrogens is 552 g/mol. The third-order valence-corrected chi connectivity index (χ3v) is 8.55. The van der Waals surface area contributed by atoms with Crippen LogP contribution in [-0.2, 0) is 21.9 Å². The van der Waals surface area contributed by atoms with Crippen LogP contribution < -0.4 is 0 Å². The summed E-state index contributed by atoms with van der Waals surface area (Å²) >= 11 is 0. The highest BCUT2D eigenvalue weighted by Crippen LogP contribution is 2.51. The molecule has 3 saturated heterocycles. The van der Waals surface area contributed by atoms with Crippen molar-refractivity contribution in [3.05, 3.63) is 70.8 Å². The Hall–Kier alpha value is -3.12. The number of carbonyl (C=O) groups excluding carboxylic acids is 2. The van der Waals surface area contributed by atoms with Gasteiger partial charge in [0.2, 0.25) is 5.91 Å². The van der Waals surface area contributed by atoms with E-state index in [0.29, 0.717) is 45.0 Å². The molecule has 0 aliphatic carbocycles. The van der Waals surface area contributed by atoms with Crippen LogP contribution in [0, 0.1) is 5.41 Å². The summed E-state index contributed by atoms with van der Waals surface area (Å²) < 4.78 is 85.6. The molecular formula is C29H31F6N3O3. The van der Waals surface area contributed by atoms with E-state index >= 15 is 0 Å². The first kappa shape index (κ1) is 29.4. The van der Waals surface area contributed by atoms with Crippen molar-refractivity contribution in [3.8, 4) is 0 Å². The van der Waals surface area contributed by atoms with Gasteiger partial charge in [0.15, 0.2) is 0 Å². The van der Waals surface area contributed by atoms with E-state index in [0.717, 1.165) is 18.7 Å². The predicted octanol–water partition coefficient (Wildman–Crippen LogP) is 4.90. The van der Waals surface area contributed by atoms with Crippen molar-refractivity contribution in [2.24, 2.45) is 5.41 Å². The van der Waals surface area contributed by atoms with Crippen LogP contribution in [0.4, 0.5) is 26.3 Å². The average molecular weight is 584 g/mol. The quantitative estimate of drug-likeness (QED) is 0.470. The maximum atomic E-state index is 13.9. The Kier molecular flexibility index (Phi) is 8.08. The van der Waals surface area contributed by atoms with E-state index in [1.54, 1.807) is 0 Å². The number of hydrogen-bond acceptors (Lipinski definition) is 4. The lowest BCUT2D eigenvalue weighted by atomic mass is 9.68. The van der Waals surface area contributed by atoms with E-state index < -0.39 is 40.4 Å². The van der Waals surface area contributed by atoms with E-state index in [1.807, 2.05) is 35.2 Å². The molecule has 1 unspecified atom stereocenters. The van der Waals surface area contributed by atoms with Crippen molar-refractivity contribution in [2.75, 3.05) is 59.0 Å². The second-order valence-corrected chi connectivity index (χ2v) is 10.9. The highest BCUT2D eigenvalue weighted by Gasteiger charge is 2.55. The molecule has 0 aromatic heterocycles. The van der Waals surface area contributed by atoms with Gasteiger partial charge in [-0.15, -0.1) is 0 Å². The molecule has 0 radical (unpaired) electrons. The summed E-state index contributed by atoms with van der Waals surface area (Å²) in [5.74, 6) is -1.09. The number of benzene rings is 2. The molecule has 1 spiro atoms. The van der Waals surface area contributed by atoms with Gasteiger partial charge in [-0.25, -0.2) is 0 Å². The zero-order valence-corrected chi connectivity index (χ0v) is 22.3. The maximum Gasteiger partial charge on any atom is 0.416 e. The van der Waals surface area contributed by atoms with E-state index in [2.05, 4.69) is 4.90 Å². The minimum atomic E-state index is -5.05. The SMILES string of the molecule is O=C(c1cc(C(F)(F)F)cc(C(F)(F)F)c1)N1CCC2(CC1)C(=O)N(CCN1CCOCC1)CC2c1ccccc1. The molecule has 0 saturated carbocycles. The van der Waals surface area contributed by atoms with Gasteiger partial charge < -0.3 is 14.5 Å². The van der Waals surface area contributed by atoms with Gasteiger partial charge in [0.1, 0.15) is 0 Å². The Bertz CT molecular complexity index is 1220. The number of rotatable bonds is 5. The summed E-state index contributed by atoms with van der Waals surface area (Å²) in [6.07, 6.45) is -9.58. The molecule has 2 aromatic carbocycles. The summed E-state index contributed by atoms with van der Waals surface area (Å²) in [5, 5.41) is 0. The normalized spacial score (nSPS) is 22.0. The molecule has 2 amide bonds. The molecule has 3 fully saturated rings. The average Bonchev–Trinajstić information content (AvgIpc) is 3.22. The van der Waals surface area contributed by atoms with Gasteiger partial charge in [0.05, 0.1) is 29.8 Å². The fourth-order valence-electron chi connectivity index (χ4n) is 6.26. The van der Waals surface area contributed by atoms with Crippen molar-refractivity contribution in [2.45, 2.75) is 31.1 Å². The third-order valence-electron chi connectivity index (χ3n) is 8.55. The minimum absolute atomic E-state index is 0.00906. The number of amides is 2. The van der Waals surface area contributed by atoms with E-state index in [1.165, 1.54) is 4.90 Å². The topological polar surface area (TPSA) is 53.1 Å². The molecule has 222 valence electrons. The summed E-state index contributed by atoms with van der Waals surface area (Å²) in [7, 11) is 0. The molecule has 12 heteroatoms. The lowest BCUT2D eigenvalue weighted by molar-refractivity contribution is -0.143. The highest BCUT2D eigenvalue weighted by atomic mass is 19.4. The Labute approximate surface area is 233 Å². The number of halogens is 6. The highest BCUT2D eigenvalue weighted by molar-refractivity contribution is 5.95. The number of ether oxygens (including phenoxy) is 1. The number of morpholine rings is 1. The molecule has 3 aliphatic rings. The zero-order valence-electron chi connectivity index (χ0n) is 22.3. The van der Waals surface area contributed by atoms with Crippen molar-refractivity contribution < 1.29 is 40.7 Å². The fourth-order valence-corrected chi connectivity index (χ4v) is 6.26. The van der Waals surface area contributed by atoms with E-state index in [4.69, 9.17) is 4.74 Å². The Morgan fingerprint density at radius 1 is 0.854 bits per heavy atom. The van der Waals surface area contributed by atoms with Crippen molar-refractivity contribution >= 4 is 11.8 Å². The van der Waals surface area contributed by atoms with Gasteiger partial charge in [-0.2, -0.15) is 26.3 Å². The van der Waals surface area contributed by atoms with Crippen LogP contribution in [0.5, 0.6) is 0 Å². The summed E-state index contributed by atoms with van der Waals surface area (Å²) in [4.78, 5) is 32.5. The summed E-state index contributed by atoms with van der Waals surface area (Å²) in [5.41, 5.74) is -3.56. The van der Waals surface area contributed by atoms with Crippen molar-refractivity contribution in [1.29, 1.82) is 0 Å². The van der Waals surface area contributed by atoms with Gasteiger partial charge in [0.25, 0.3) is 5.91 Å². The second kappa shape index (κ2) is 11.3. The van der Waals surface area contributed by atoms with E-state index in [-0.39, 0.29) is 43.8 Å². The Morgan fingerprint density at radius 2 is 1.44 bits per heavy atom. The standard InChI is InChI=1S/C29H31F6N3O3/c30-28(31,32)22-16-21(17-23(18-22)29(33,34)35)25(39)37-8-6-27(7-9-37)24(20-4-2-1-3-5-20)19-38(26(27)40)11-10-36-12-14-41-15-13-36/h1-5,16-18,24H,6-15,19H2. The van der Waals surface area contributed by atoms with Gasteiger partial charge >= 0.3 is 12.4 Å². The smallest absolute Gasteiger partial charge is 0.379 e. The molecule has 41 heavy (non-hydrogen) atoms.